The Labute approximate surface area is 88.0 Å². The lowest BCUT2D eigenvalue weighted by Crippen LogP contribution is -2.08. The van der Waals surface area contributed by atoms with Gasteiger partial charge in [-0.05, 0) is 17.7 Å². The maximum atomic E-state index is 12.8. The molecule has 2 nitrogen and oxygen atoms in total. The smallest absolute Gasteiger partial charge is 0.324 e. The minimum atomic E-state index is -0.990. The minimum Gasteiger partial charge on any atom is -0.468 e. The van der Waals surface area contributed by atoms with Gasteiger partial charge in [0, 0.05) is 0 Å². The van der Waals surface area contributed by atoms with Crippen LogP contribution in [-0.2, 0) is 9.53 Å². The highest BCUT2D eigenvalue weighted by Gasteiger charge is 2.18. The van der Waals surface area contributed by atoms with Crippen molar-refractivity contribution in [1.29, 1.82) is 0 Å². The van der Waals surface area contributed by atoms with Crippen molar-refractivity contribution in [3.63, 3.8) is 0 Å². The van der Waals surface area contributed by atoms with E-state index in [1.807, 2.05) is 0 Å². The molecule has 14 heavy (non-hydrogen) atoms. The number of hydrogen-bond donors (Lipinski definition) is 0. The average molecular weight is 265 g/mol. The minimum absolute atomic E-state index is 0.316. The van der Waals surface area contributed by atoms with E-state index in [0.29, 0.717) is 5.56 Å². The Morgan fingerprint density at radius 3 is 2.57 bits per heavy atom. The largest absolute Gasteiger partial charge is 0.468 e. The summed E-state index contributed by atoms with van der Waals surface area (Å²) in [5.41, 5.74) is 0.316. The van der Waals surface area contributed by atoms with Crippen molar-refractivity contribution in [2.45, 2.75) is 4.83 Å². The highest BCUT2D eigenvalue weighted by Crippen LogP contribution is 2.25. The predicted molar refractivity (Wildman–Crippen MR) is 50.0 cm³/mol. The van der Waals surface area contributed by atoms with Crippen LogP contribution in [0.1, 0.15) is 10.4 Å². The van der Waals surface area contributed by atoms with E-state index in [0.717, 1.165) is 12.1 Å². The highest BCUT2D eigenvalue weighted by molar-refractivity contribution is 9.09. The van der Waals surface area contributed by atoms with Gasteiger partial charge >= 0.3 is 5.97 Å². The van der Waals surface area contributed by atoms with Gasteiger partial charge in [-0.25, -0.2) is 8.78 Å². The molecule has 0 aliphatic heterocycles. The molecule has 1 atom stereocenters. The molecule has 76 valence electrons. The van der Waals surface area contributed by atoms with Gasteiger partial charge in [-0.3, -0.25) is 4.79 Å². The van der Waals surface area contributed by atoms with Crippen molar-refractivity contribution in [2.75, 3.05) is 7.11 Å². The van der Waals surface area contributed by atoms with Crippen LogP contribution in [0.25, 0.3) is 0 Å². The summed E-state index contributed by atoms with van der Waals surface area (Å²) in [4.78, 5) is 10.2. The zero-order valence-corrected chi connectivity index (χ0v) is 8.85. The summed E-state index contributed by atoms with van der Waals surface area (Å²) in [6, 6.07) is 3.22. The topological polar surface area (TPSA) is 26.3 Å². The maximum Gasteiger partial charge on any atom is 0.324 e. The van der Waals surface area contributed by atoms with E-state index in [2.05, 4.69) is 20.7 Å². The van der Waals surface area contributed by atoms with Crippen molar-refractivity contribution < 1.29 is 18.3 Å². The van der Waals surface area contributed by atoms with E-state index in [-0.39, 0.29) is 0 Å². The number of esters is 1. The summed E-state index contributed by atoms with van der Waals surface area (Å²) >= 11 is 3.01. The van der Waals surface area contributed by atoms with Crippen LogP contribution in [0.4, 0.5) is 8.78 Å². The van der Waals surface area contributed by atoms with Crippen LogP contribution in [-0.4, -0.2) is 13.1 Å². The second-order valence-electron chi connectivity index (χ2n) is 2.56. The number of halogens is 3. The lowest BCUT2D eigenvalue weighted by atomic mass is 10.1. The Morgan fingerprint density at radius 2 is 2.07 bits per heavy atom. The number of rotatable bonds is 2. The molecule has 0 amide bonds. The Hall–Kier alpha value is -0.970. The van der Waals surface area contributed by atoms with E-state index in [1.54, 1.807) is 0 Å². The van der Waals surface area contributed by atoms with Crippen molar-refractivity contribution in [3.8, 4) is 0 Å². The molecule has 0 aliphatic carbocycles. The van der Waals surface area contributed by atoms with Crippen LogP contribution in [0, 0.1) is 11.6 Å². The summed E-state index contributed by atoms with van der Waals surface area (Å²) in [5, 5.41) is 0. The van der Waals surface area contributed by atoms with Gasteiger partial charge in [-0.2, -0.15) is 0 Å². The molecule has 0 aliphatic rings. The molecule has 0 radical (unpaired) electrons. The van der Waals surface area contributed by atoms with Crippen LogP contribution in [0.5, 0.6) is 0 Å². The molecule has 0 heterocycles. The third kappa shape index (κ3) is 2.29. The molecule has 1 rings (SSSR count). The average Bonchev–Trinajstić information content (AvgIpc) is 2.20. The Bertz CT molecular complexity index is 355. The monoisotopic (exact) mass is 264 g/mol. The maximum absolute atomic E-state index is 12.8. The molecule has 1 unspecified atom stereocenters. The molecule has 0 saturated heterocycles. The summed E-state index contributed by atoms with van der Waals surface area (Å²) in [6.07, 6.45) is 0. The van der Waals surface area contributed by atoms with Crippen molar-refractivity contribution >= 4 is 21.9 Å². The fourth-order valence-electron chi connectivity index (χ4n) is 0.910. The van der Waals surface area contributed by atoms with E-state index < -0.39 is 22.4 Å². The van der Waals surface area contributed by atoms with Crippen LogP contribution in [0.15, 0.2) is 18.2 Å². The van der Waals surface area contributed by atoms with Gasteiger partial charge in [0.15, 0.2) is 11.6 Å². The second kappa shape index (κ2) is 4.50. The van der Waals surface area contributed by atoms with E-state index >= 15 is 0 Å². The number of carbonyl (C=O) groups excluding carboxylic acids is 1. The standard InChI is InChI=1S/C9H7BrF2O2/c1-14-9(13)8(10)5-2-3-6(11)7(12)4-5/h2-4,8H,1H3. The number of alkyl halides is 1. The summed E-state index contributed by atoms with van der Waals surface area (Å²) in [5.74, 6) is -2.50. The zero-order chi connectivity index (χ0) is 10.7. The highest BCUT2D eigenvalue weighted by atomic mass is 79.9. The number of ether oxygens (including phenoxy) is 1. The zero-order valence-electron chi connectivity index (χ0n) is 7.26. The van der Waals surface area contributed by atoms with Crippen molar-refractivity contribution in [3.05, 3.63) is 35.4 Å². The van der Waals surface area contributed by atoms with Gasteiger partial charge in [0.1, 0.15) is 4.83 Å². The Kier molecular flexibility index (Phi) is 3.57. The first-order valence-electron chi connectivity index (χ1n) is 3.73. The SMILES string of the molecule is COC(=O)C(Br)c1ccc(F)c(F)c1. The summed E-state index contributed by atoms with van der Waals surface area (Å²) < 4.78 is 29.7. The van der Waals surface area contributed by atoms with Crippen LogP contribution in [0.2, 0.25) is 0 Å². The first kappa shape index (κ1) is 11.1. The fraction of sp³-hybridized carbons (Fsp3) is 0.222. The number of hydrogen-bond acceptors (Lipinski definition) is 2. The van der Waals surface area contributed by atoms with Gasteiger partial charge in [-0.1, -0.05) is 22.0 Å². The molecule has 0 N–H and O–H groups in total. The van der Waals surface area contributed by atoms with Gasteiger partial charge < -0.3 is 4.74 Å². The van der Waals surface area contributed by atoms with Crippen LogP contribution >= 0.6 is 15.9 Å². The molecule has 5 heteroatoms. The van der Waals surface area contributed by atoms with Gasteiger partial charge in [0.25, 0.3) is 0 Å². The lowest BCUT2D eigenvalue weighted by Gasteiger charge is -2.07. The summed E-state index contributed by atoms with van der Waals surface area (Å²) in [6.45, 7) is 0. The van der Waals surface area contributed by atoms with Crippen LogP contribution < -0.4 is 0 Å². The first-order valence-corrected chi connectivity index (χ1v) is 4.64. The first-order chi connectivity index (χ1) is 6.56. The fourth-order valence-corrected chi connectivity index (χ4v) is 1.38. The molecule has 1 aromatic rings. The van der Waals surface area contributed by atoms with Gasteiger partial charge in [0.05, 0.1) is 7.11 Å². The molecule has 1 aromatic carbocycles. The third-order valence-electron chi connectivity index (χ3n) is 1.64. The van der Waals surface area contributed by atoms with Crippen molar-refractivity contribution in [2.24, 2.45) is 0 Å². The molecule has 0 aromatic heterocycles. The number of carbonyl (C=O) groups is 1. The molecule has 0 saturated carbocycles. The molecule has 0 fully saturated rings. The van der Waals surface area contributed by atoms with Gasteiger partial charge in [0.2, 0.25) is 0 Å². The van der Waals surface area contributed by atoms with Crippen molar-refractivity contribution in [1.82, 2.24) is 0 Å². The molecular weight excluding hydrogens is 258 g/mol. The molecular formula is C9H7BrF2O2. The number of methoxy groups -OCH3 is 1. The molecule has 0 spiro atoms. The normalized spacial score (nSPS) is 12.3. The Balaban J connectivity index is 2.96. The Morgan fingerprint density at radius 1 is 1.43 bits per heavy atom. The van der Waals surface area contributed by atoms with Crippen LogP contribution in [0.3, 0.4) is 0 Å². The summed E-state index contributed by atoms with van der Waals surface area (Å²) in [7, 11) is 1.22. The lowest BCUT2D eigenvalue weighted by molar-refractivity contribution is -0.139. The van der Waals surface area contributed by atoms with Gasteiger partial charge in [-0.15, -0.1) is 0 Å². The molecule has 0 bridgehead atoms. The predicted octanol–water partition coefficient (Wildman–Crippen LogP) is 2.57. The number of benzene rings is 1. The third-order valence-corrected chi connectivity index (χ3v) is 2.55. The van der Waals surface area contributed by atoms with E-state index in [4.69, 9.17) is 0 Å². The van der Waals surface area contributed by atoms with E-state index in [9.17, 15) is 13.6 Å². The van der Waals surface area contributed by atoms with E-state index in [1.165, 1.54) is 13.2 Å². The second-order valence-corrected chi connectivity index (χ2v) is 3.47. The quantitative estimate of drug-likeness (QED) is 0.606.